The number of carbonyl (C=O) groups is 3. The van der Waals surface area contributed by atoms with Gasteiger partial charge in [-0.05, 0) is 51.5 Å². The highest BCUT2D eigenvalue weighted by atomic mass is 16.7. The van der Waals surface area contributed by atoms with Crippen LogP contribution < -0.4 is 10.8 Å². The van der Waals surface area contributed by atoms with Crippen molar-refractivity contribution in [1.29, 1.82) is 0 Å². The number of Topliss-reactive ketones (excluding diaryl/α,β-unsaturated/α-hetero) is 1. The van der Waals surface area contributed by atoms with E-state index in [9.17, 15) is 14.4 Å². The molecule has 2 atom stereocenters. The summed E-state index contributed by atoms with van der Waals surface area (Å²) in [6.07, 6.45) is 10.6. The van der Waals surface area contributed by atoms with Gasteiger partial charge in [-0.1, -0.05) is 25.8 Å². The van der Waals surface area contributed by atoms with Gasteiger partial charge in [-0.3, -0.25) is 14.4 Å². The summed E-state index contributed by atoms with van der Waals surface area (Å²) in [5.74, 6) is -0.0528. The molecule has 148 valence electrons. The van der Waals surface area contributed by atoms with Gasteiger partial charge >= 0.3 is 6.09 Å². The average Bonchev–Trinajstić information content (AvgIpc) is 2.56. The van der Waals surface area contributed by atoms with Crippen molar-refractivity contribution >= 4 is 17.8 Å². The molecule has 0 radical (unpaired) electrons. The largest absolute Gasteiger partial charge is 0.441 e. The van der Waals surface area contributed by atoms with Crippen LogP contribution in [0.2, 0.25) is 0 Å². The topological polar surface area (TPSA) is 93.7 Å². The first-order chi connectivity index (χ1) is 12.5. The Balaban J connectivity index is 2.05. The molecule has 0 saturated carbocycles. The number of carbonyl (C=O) groups excluding carboxylic acids is 3. The second-order valence-corrected chi connectivity index (χ2v) is 6.76. The Morgan fingerprint density at radius 3 is 2.77 bits per heavy atom. The quantitative estimate of drug-likeness (QED) is 0.351. The number of hydrogen-bond acceptors (Lipinski definition) is 5. The Morgan fingerprint density at radius 2 is 2.00 bits per heavy atom. The van der Waals surface area contributed by atoms with Crippen LogP contribution in [0.3, 0.4) is 0 Å². The van der Waals surface area contributed by atoms with E-state index >= 15 is 0 Å². The highest BCUT2D eigenvalue weighted by Crippen LogP contribution is 2.14. The Kier molecular flexibility index (Phi) is 11.4. The summed E-state index contributed by atoms with van der Waals surface area (Å²) in [7, 11) is 0. The highest BCUT2D eigenvalue weighted by Gasteiger charge is 2.13. The summed E-state index contributed by atoms with van der Waals surface area (Å²) >= 11 is 0. The molecule has 0 spiro atoms. The molecule has 7 nitrogen and oxygen atoms in total. The van der Waals surface area contributed by atoms with E-state index in [2.05, 4.69) is 10.8 Å². The summed E-state index contributed by atoms with van der Waals surface area (Å²) in [4.78, 5) is 39.3. The number of hydroxylamine groups is 1. The molecule has 0 aromatic carbocycles. The summed E-state index contributed by atoms with van der Waals surface area (Å²) < 4.78 is 5.24. The molecular weight excluding hydrogens is 336 g/mol. The van der Waals surface area contributed by atoms with Gasteiger partial charge < -0.3 is 10.1 Å². The standard InChI is InChI=1S/C19H32N2O5/c1-15(16(2)22)10-8-9-13-20-18(23)14-25-21-19(24)26-17-11-6-4-3-5-7-12-17/h6,11,15,17H,3-5,7-10,12-14H2,1-2H3,(H,20,23)(H,21,24)/b11-6+/t15-,17?/m1/s1. The van der Waals surface area contributed by atoms with Crippen molar-refractivity contribution in [2.45, 2.75) is 71.3 Å². The van der Waals surface area contributed by atoms with Crippen LogP contribution in [0.25, 0.3) is 0 Å². The second-order valence-electron chi connectivity index (χ2n) is 6.76. The molecule has 0 aromatic rings. The monoisotopic (exact) mass is 368 g/mol. The first-order valence-corrected chi connectivity index (χ1v) is 9.51. The van der Waals surface area contributed by atoms with Crippen molar-refractivity contribution < 1.29 is 24.0 Å². The van der Waals surface area contributed by atoms with Crippen molar-refractivity contribution in [3.8, 4) is 0 Å². The molecule has 1 unspecified atom stereocenters. The molecule has 0 bridgehead atoms. The lowest BCUT2D eigenvalue weighted by Gasteiger charge is -2.16. The minimum atomic E-state index is -0.689. The fourth-order valence-corrected chi connectivity index (χ4v) is 2.61. The predicted octanol–water partition coefficient (Wildman–Crippen LogP) is 3.04. The molecule has 0 heterocycles. The first kappa shape index (κ1) is 22.2. The fourth-order valence-electron chi connectivity index (χ4n) is 2.61. The number of ketones is 1. The van der Waals surface area contributed by atoms with Crippen LogP contribution in [0.4, 0.5) is 4.79 Å². The van der Waals surface area contributed by atoms with Gasteiger partial charge in [0.25, 0.3) is 0 Å². The SMILES string of the molecule is CC(=O)[C@H](C)CCCCNC(=O)CONC(=O)OC1/C=C/CCCCC1. The van der Waals surface area contributed by atoms with Gasteiger partial charge in [0, 0.05) is 12.5 Å². The zero-order valence-electron chi connectivity index (χ0n) is 15.9. The smallest absolute Gasteiger partial charge is 0.431 e. The number of rotatable bonds is 10. The van der Waals surface area contributed by atoms with Crippen molar-refractivity contribution in [3.05, 3.63) is 12.2 Å². The Morgan fingerprint density at radius 1 is 1.19 bits per heavy atom. The molecule has 1 aliphatic rings. The van der Waals surface area contributed by atoms with E-state index in [1.807, 2.05) is 19.1 Å². The molecule has 2 amide bonds. The van der Waals surface area contributed by atoms with E-state index in [0.29, 0.717) is 6.54 Å². The van der Waals surface area contributed by atoms with Gasteiger partial charge in [-0.25, -0.2) is 4.79 Å². The fraction of sp³-hybridized carbons (Fsp3) is 0.737. The Hall–Kier alpha value is -1.89. The van der Waals surface area contributed by atoms with E-state index < -0.39 is 6.09 Å². The molecule has 7 heteroatoms. The number of unbranched alkanes of at least 4 members (excludes halogenated alkanes) is 1. The van der Waals surface area contributed by atoms with Gasteiger partial charge in [-0.15, -0.1) is 0 Å². The third kappa shape index (κ3) is 10.9. The minimum Gasteiger partial charge on any atom is -0.441 e. The van der Waals surface area contributed by atoms with Gasteiger partial charge in [0.15, 0.2) is 6.61 Å². The summed E-state index contributed by atoms with van der Waals surface area (Å²) in [6, 6.07) is 0. The maximum Gasteiger partial charge on any atom is 0.431 e. The summed E-state index contributed by atoms with van der Waals surface area (Å²) in [5.41, 5.74) is 2.13. The van der Waals surface area contributed by atoms with Gasteiger partial charge in [0.1, 0.15) is 11.9 Å². The highest BCUT2D eigenvalue weighted by molar-refractivity contribution is 5.78. The van der Waals surface area contributed by atoms with Crippen molar-refractivity contribution in [2.24, 2.45) is 5.92 Å². The van der Waals surface area contributed by atoms with E-state index in [4.69, 9.17) is 9.57 Å². The first-order valence-electron chi connectivity index (χ1n) is 9.51. The third-order valence-electron chi connectivity index (χ3n) is 4.41. The van der Waals surface area contributed by atoms with Gasteiger partial charge in [0.2, 0.25) is 5.91 Å². The van der Waals surface area contributed by atoms with Crippen LogP contribution in [0.5, 0.6) is 0 Å². The van der Waals surface area contributed by atoms with Crippen LogP contribution in [0, 0.1) is 5.92 Å². The zero-order valence-corrected chi connectivity index (χ0v) is 15.9. The molecule has 1 rings (SSSR count). The van der Waals surface area contributed by atoms with Crippen LogP contribution in [0.1, 0.15) is 65.2 Å². The molecule has 1 aliphatic carbocycles. The zero-order chi connectivity index (χ0) is 19.2. The maximum atomic E-state index is 11.7. The molecule has 0 aromatic heterocycles. The Bertz CT molecular complexity index is 479. The van der Waals surface area contributed by atoms with E-state index in [0.717, 1.165) is 44.9 Å². The van der Waals surface area contributed by atoms with Gasteiger partial charge in [-0.2, -0.15) is 5.48 Å². The molecule has 2 N–H and O–H groups in total. The second kappa shape index (κ2) is 13.3. The number of ether oxygens (including phenoxy) is 1. The van der Waals surface area contributed by atoms with Crippen molar-refractivity contribution in [2.75, 3.05) is 13.2 Å². The lowest BCUT2D eigenvalue weighted by molar-refractivity contribution is -0.128. The van der Waals surface area contributed by atoms with E-state index in [-0.39, 0.29) is 30.3 Å². The van der Waals surface area contributed by atoms with Gasteiger partial charge in [0.05, 0.1) is 0 Å². The van der Waals surface area contributed by atoms with Crippen LogP contribution in [-0.4, -0.2) is 37.0 Å². The van der Waals surface area contributed by atoms with Crippen molar-refractivity contribution in [1.82, 2.24) is 10.8 Å². The lowest BCUT2D eigenvalue weighted by atomic mass is 10.0. The molecule has 0 saturated heterocycles. The summed E-state index contributed by atoms with van der Waals surface area (Å²) in [6.45, 7) is 3.75. The lowest BCUT2D eigenvalue weighted by Crippen LogP contribution is -2.34. The number of allylic oxidation sites excluding steroid dienone is 1. The average molecular weight is 368 g/mol. The maximum absolute atomic E-state index is 11.7. The summed E-state index contributed by atoms with van der Waals surface area (Å²) in [5, 5.41) is 2.70. The number of nitrogens with one attached hydrogen (secondary N) is 2. The Labute approximate surface area is 155 Å². The van der Waals surface area contributed by atoms with Crippen molar-refractivity contribution in [3.63, 3.8) is 0 Å². The van der Waals surface area contributed by atoms with E-state index in [1.165, 1.54) is 6.42 Å². The minimum absolute atomic E-state index is 0.0666. The van der Waals surface area contributed by atoms with E-state index in [1.54, 1.807) is 6.92 Å². The molecule has 26 heavy (non-hydrogen) atoms. The predicted molar refractivity (Wildman–Crippen MR) is 98.3 cm³/mol. The normalized spacial score (nSPS) is 19.5. The van der Waals surface area contributed by atoms with Crippen LogP contribution >= 0.6 is 0 Å². The molecule has 0 fully saturated rings. The number of hydrogen-bond donors (Lipinski definition) is 2. The molecule has 0 aliphatic heterocycles. The van der Waals surface area contributed by atoms with Crippen LogP contribution in [0.15, 0.2) is 12.2 Å². The molecular formula is C19H32N2O5. The van der Waals surface area contributed by atoms with Crippen LogP contribution in [-0.2, 0) is 19.2 Å². The third-order valence-corrected chi connectivity index (χ3v) is 4.41. The number of amides is 2.